The maximum Gasteiger partial charge on any atom is 0.129 e. The SMILES string of the molecule is [O-][P+]([O-])([O-])n1ccnc1. The van der Waals surface area contributed by atoms with E-state index in [2.05, 4.69) is 4.98 Å². The third kappa shape index (κ3) is 1.46. The molecule has 1 rings (SSSR count). The van der Waals surface area contributed by atoms with Gasteiger partial charge in [0, 0.05) is 6.20 Å². The fourth-order valence-electron chi connectivity index (χ4n) is 0.397. The van der Waals surface area contributed by atoms with Crippen molar-refractivity contribution < 1.29 is 14.7 Å². The molecule has 0 aliphatic heterocycles. The van der Waals surface area contributed by atoms with Crippen LogP contribution in [0.25, 0.3) is 0 Å². The second-order valence-corrected chi connectivity index (χ2v) is 2.81. The van der Waals surface area contributed by atoms with Gasteiger partial charge in [-0.3, -0.25) is 0 Å². The first-order valence-electron chi connectivity index (χ1n) is 2.11. The molecule has 50 valence electrons. The molecule has 0 saturated heterocycles. The predicted octanol–water partition coefficient (Wildman–Crippen LogP) is -2.51. The Morgan fingerprint density at radius 3 is 2.22 bits per heavy atom. The molecule has 9 heavy (non-hydrogen) atoms. The van der Waals surface area contributed by atoms with E-state index in [9.17, 15) is 14.7 Å². The first-order chi connectivity index (χ1) is 4.11. The quantitative estimate of drug-likeness (QED) is 0.409. The number of hydrogen-bond donors (Lipinski definition) is 0. The minimum Gasteiger partial charge on any atom is -0.668 e. The van der Waals surface area contributed by atoms with E-state index < -0.39 is 8.09 Å². The third-order valence-electron chi connectivity index (χ3n) is 0.773. The van der Waals surface area contributed by atoms with Crippen LogP contribution in [0.2, 0.25) is 0 Å². The van der Waals surface area contributed by atoms with Crippen molar-refractivity contribution in [1.29, 1.82) is 0 Å². The van der Waals surface area contributed by atoms with Gasteiger partial charge >= 0.3 is 0 Å². The maximum atomic E-state index is 10.1. The van der Waals surface area contributed by atoms with Gasteiger partial charge in [0.2, 0.25) is 0 Å². The highest BCUT2D eigenvalue weighted by atomic mass is 31.2. The Labute approximate surface area is 51.9 Å². The second kappa shape index (κ2) is 2.04. The Morgan fingerprint density at radius 1 is 1.33 bits per heavy atom. The Kier molecular flexibility index (Phi) is 1.50. The van der Waals surface area contributed by atoms with Crippen LogP contribution in [0.4, 0.5) is 0 Å². The van der Waals surface area contributed by atoms with Gasteiger partial charge in [-0.05, 0) is 8.09 Å². The highest BCUT2D eigenvalue weighted by molar-refractivity contribution is 7.52. The van der Waals surface area contributed by atoms with Gasteiger partial charge in [-0.2, -0.15) is 0 Å². The van der Waals surface area contributed by atoms with Crippen molar-refractivity contribution in [3.63, 3.8) is 0 Å². The predicted molar refractivity (Wildman–Crippen MR) is 24.5 cm³/mol. The zero-order chi connectivity index (χ0) is 6.91. The summed E-state index contributed by atoms with van der Waals surface area (Å²) in [6.07, 6.45) is 3.25. The number of hydrogen-bond acceptors (Lipinski definition) is 4. The van der Waals surface area contributed by atoms with Crippen molar-refractivity contribution in [2.24, 2.45) is 0 Å². The van der Waals surface area contributed by atoms with E-state index in [1.165, 1.54) is 6.20 Å². The van der Waals surface area contributed by atoms with Gasteiger partial charge in [-0.1, -0.05) is 0 Å². The Bertz CT molecular complexity index is 179. The summed E-state index contributed by atoms with van der Waals surface area (Å²) in [6, 6.07) is 0. The standard InChI is InChI=1S/C3H5N2O3P/c6-9(7,8)5-2-1-4-3-5/h1-3H,(H2,6,7,8)/p-2. The topological polar surface area (TPSA) is 87.0 Å². The van der Waals surface area contributed by atoms with E-state index in [4.69, 9.17) is 0 Å². The fourth-order valence-corrected chi connectivity index (χ4v) is 0.806. The minimum atomic E-state index is -4.62. The van der Waals surface area contributed by atoms with Gasteiger partial charge in [0.25, 0.3) is 0 Å². The van der Waals surface area contributed by atoms with Gasteiger partial charge in [0.05, 0.1) is 6.20 Å². The molecule has 0 bridgehead atoms. The molecule has 0 saturated carbocycles. The molecule has 0 atom stereocenters. The van der Waals surface area contributed by atoms with Crippen molar-refractivity contribution in [1.82, 2.24) is 9.32 Å². The molecule has 0 unspecified atom stereocenters. The van der Waals surface area contributed by atoms with E-state index in [-0.39, 0.29) is 0 Å². The van der Waals surface area contributed by atoms with Crippen LogP contribution in [0.5, 0.6) is 0 Å². The lowest BCUT2D eigenvalue weighted by molar-refractivity contribution is -0.432. The molecule has 0 fully saturated rings. The molecule has 0 amide bonds. The zero-order valence-electron chi connectivity index (χ0n) is 4.30. The normalized spacial score (nSPS) is 11.9. The van der Waals surface area contributed by atoms with E-state index >= 15 is 0 Å². The monoisotopic (exact) mass is 146 g/mol. The summed E-state index contributed by atoms with van der Waals surface area (Å²) < 4.78 is 0.521. The average molecular weight is 146 g/mol. The lowest BCUT2D eigenvalue weighted by atomic mass is 11.0. The Hall–Kier alpha value is -0.480. The minimum absolute atomic E-state index is 0.521. The lowest BCUT2D eigenvalue weighted by Crippen LogP contribution is -2.37. The summed E-state index contributed by atoms with van der Waals surface area (Å²) in [4.78, 5) is 33.6. The van der Waals surface area contributed by atoms with E-state index in [1.54, 1.807) is 0 Å². The first-order valence-corrected chi connectivity index (χ1v) is 3.61. The molecule has 0 aliphatic rings. The molecule has 0 N–H and O–H groups in total. The van der Waals surface area contributed by atoms with Crippen molar-refractivity contribution in [2.45, 2.75) is 0 Å². The maximum absolute atomic E-state index is 10.1. The molecule has 0 radical (unpaired) electrons. The third-order valence-corrected chi connectivity index (χ3v) is 1.58. The molecular formula is C3H3N2O3P-2. The van der Waals surface area contributed by atoms with E-state index in [1.807, 2.05) is 0 Å². The van der Waals surface area contributed by atoms with Gasteiger partial charge < -0.3 is 14.7 Å². The summed E-state index contributed by atoms with van der Waals surface area (Å²) in [7, 11) is -4.62. The number of rotatable bonds is 1. The van der Waals surface area contributed by atoms with Crippen LogP contribution in [0.15, 0.2) is 18.7 Å². The van der Waals surface area contributed by atoms with Gasteiger partial charge in [-0.15, -0.1) is 0 Å². The number of nitrogens with zero attached hydrogens (tertiary/aromatic N) is 2. The van der Waals surface area contributed by atoms with Crippen molar-refractivity contribution >= 4 is 8.09 Å². The van der Waals surface area contributed by atoms with Crippen molar-refractivity contribution in [2.75, 3.05) is 0 Å². The molecule has 5 nitrogen and oxygen atoms in total. The molecule has 0 aromatic carbocycles. The average Bonchev–Trinajstić information content (AvgIpc) is 2.08. The van der Waals surface area contributed by atoms with E-state index in [0.29, 0.717) is 4.34 Å². The van der Waals surface area contributed by atoms with Crippen molar-refractivity contribution in [3.8, 4) is 0 Å². The van der Waals surface area contributed by atoms with Gasteiger partial charge in [-0.25, -0.2) is 9.32 Å². The Balaban J connectivity index is 2.90. The van der Waals surface area contributed by atoms with Crippen molar-refractivity contribution in [3.05, 3.63) is 18.7 Å². The van der Waals surface area contributed by atoms with Crippen LogP contribution in [0.3, 0.4) is 0 Å². The van der Waals surface area contributed by atoms with Crippen LogP contribution in [-0.2, 0) is 0 Å². The molecule has 1 aromatic heterocycles. The fraction of sp³-hybridized carbons (Fsp3) is 0. The molecule has 0 spiro atoms. The van der Waals surface area contributed by atoms with Crippen LogP contribution >= 0.6 is 8.09 Å². The summed E-state index contributed by atoms with van der Waals surface area (Å²) >= 11 is 0. The van der Waals surface area contributed by atoms with Crippen LogP contribution in [-0.4, -0.2) is 9.32 Å². The first kappa shape index (κ1) is 6.64. The van der Waals surface area contributed by atoms with Gasteiger partial charge in [0.1, 0.15) is 6.33 Å². The number of imidazole rings is 1. The summed E-state index contributed by atoms with van der Waals surface area (Å²) in [5, 5.41) is 0. The molecule has 0 aliphatic carbocycles. The Morgan fingerprint density at radius 2 is 2.00 bits per heavy atom. The second-order valence-electron chi connectivity index (χ2n) is 1.41. The highest BCUT2D eigenvalue weighted by Gasteiger charge is 1.96. The molecule has 6 heteroatoms. The van der Waals surface area contributed by atoms with Crippen LogP contribution < -0.4 is 14.7 Å². The summed E-state index contributed by atoms with van der Waals surface area (Å²) in [6.45, 7) is 0. The smallest absolute Gasteiger partial charge is 0.129 e. The summed E-state index contributed by atoms with van der Waals surface area (Å²) in [5.41, 5.74) is 0. The van der Waals surface area contributed by atoms with E-state index in [0.717, 1.165) is 12.5 Å². The highest BCUT2D eigenvalue weighted by Crippen LogP contribution is 2.28. The molecular weight excluding hydrogens is 143 g/mol. The van der Waals surface area contributed by atoms with Crippen LogP contribution in [0.1, 0.15) is 0 Å². The molecule has 1 aromatic rings. The summed E-state index contributed by atoms with van der Waals surface area (Å²) in [5.74, 6) is 0. The van der Waals surface area contributed by atoms with Crippen LogP contribution in [0, 0.1) is 0 Å². The van der Waals surface area contributed by atoms with Gasteiger partial charge in [0.15, 0.2) is 0 Å². The lowest BCUT2D eigenvalue weighted by Gasteiger charge is -2.40. The molecule has 1 heterocycles. The zero-order valence-corrected chi connectivity index (χ0v) is 5.19. The number of aromatic nitrogens is 2. The largest absolute Gasteiger partial charge is 0.668 e.